The molecule has 0 aliphatic heterocycles. The van der Waals surface area contributed by atoms with E-state index < -0.39 is 0 Å². The normalized spacial score (nSPS) is 12.3. The van der Waals surface area contributed by atoms with Crippen LogP contribution in [0.3, 0.4) is 0 Å². The molecule has 0 spiro atoms. The molecule has 2 aliphatic rings. The van der Waals surface area contributed by atoms with Gasteiger partial charge in [-0.2, -0.15) is 0 Å². The summed E-state index contributed by atoms with van der Waals surface area (Å²) in [7, 11) is 0. The molecule has 2 aliphatic carbocycles. The van der Waals surface area contributed by atoms with E-state index in [0.29, 0.717) is 22.3 Å². The lowest BCUT2D eigenvalue weighted by atomic mass is 9.94. The summed E-state index contributed by atoms with van der Waals surface area (Å²) in [5.41, 5.74) is 15.5. The number of unbranched alkanes of at least 4 members (excludes halogenated alkanes) is 16. The van der Waals surface area contributed by atoms with Crippen LogP contribution in [0.2, 0.25) is 0 Å². The number of carbonyl (C=O) groups is 2. The fourth-order valence-electron chi connectivity index (χ4n) is 9.54. The molecule has 0 fully saturated rings. The Morgan fingerprint density at radius 1 is 0.362 bits per heavy atom. The molecule has 302 valence electrons. The summed E-state index contributed by atoms with van der Waals surface area (Å²) >= 11 is 0. The summed E-state index contributed by atoms with van der Waals surface area (Å²) in [6, 6.07) is 33.6. The van der Waals surface area contributed by atoms with Crippen molar-refractivity contribution in [3.8, 4) is 22.3 Å². The molecule has 7 rings (SSSR count). The van der Waals surface area contributed by atoms with Gasteiger partial charge in [0.1, 0.15) is 0 Å². The second-order valence-electron chi connectivity index (χ2n) is 17.5. The van der Waals surface area contributed by atoms with Gasteiger partial charge in [0.15, 0.2) is 11.6 Å². The van der Waals surface area contributed by atoms with Gasteiger partial charge < -0.3 is 0 Å². The van der Waals surface area contributed by atoms with Crippen LogP contribution < -0.4 is 0 Å². The molecule has 0 bridgehead atoms. The fraction of sp³-hybridized carbons (Fsp3) is 0.429. The number of benzene rings is 5. The first-order valence-electron chi connectivity index (χ1n) is 23.2. The minimum absolute atomic E-state index is 0.0397. The van der Waals surface area contributed by atoms with E-state index in [2.05, 4.69) is 74.5 Å². The van der Waals surface area contributed by atoms with Crippen molar-refractivity contribution >= 4 is 11.6 Å². The number of ketones is 2. The zero-order valence-electron chi connectivity index (χ0n) is 35.6. The van der Waals surface area contributed by atoms with Gasteiger partial charge in [-0.3, -0.25) is 9.59 Å². The first-order chi connectivity index (χ1) is 28.5. The highest BCUT2D eigenvalue weighted by Gasteiger charge is 2.23. The molecular formula is C56H66O2. The topological polar surface area (TPSA) is 34.1 Å². The van der Waals surface area contributed by atoms with Crippen molar-refractivity contribution in [2.24, 2.45) is 0 Å². The second-order valence-corrected chi connectivity index (χ2v) is 17.5. The number of carbonyl (C=O) groups excluding carboxylic acids is 2. The van der Waals surface area contributed by atoms with Gasteiger partial charge in [0, 0.05) is 22.3 Å². The van der Waals surface area contributed by atoms with E-state index in [-0.39, 0.29) is 11.6 Å². The number of rotatable bonds is 24. The van der Waals surface area contributed by atoms with E-state index in [9.17, 15) is 9.59 Å². The number of hydrogen-bond donors (Lipinski definition) is 0. The van der Waals surface area contributed by atoms with Gasteiger partial charge in [0.25, 0.3) is 0 Å². The summed E-state index contributed by atoms with van der Waals surface area (Å²) in [6.45, 7) is 4.56. The van der Waals surface area contributed by atoms with E-state index in [1.807, 2.05) is 30.3 Å². The average Bonchev–Trinajstić information content (AvgIpc) is 3.81. The molecule has 0 atom stereocenters. The Morgan fingerprint density at radius 3 is 1.09 bits per heavy atom. The van der Waals surface area contributed by atoms with Crippen molar-refractivity contribution < 1.29 is 9.59 Å². The van der Waals surface area contributed by atoms with Crippen molar-refractivity contribution in [1.29, 1.82) is 0 Å². The zero-order valence-corrected chi connectivity index (χ0v) is 35.6. The summed E-state index contributed by atoms with van der Waals surface area (Å²) < 4.78 is 0. The van der Waals surface area contributed by atoms with Crippen molar-refractivity contribution in [2.45, 2.75) is 155 Å². The van der Waals surface area contributed by atoms with E-state index >= 15 is 0 Å². The maximum Gasteiger partial charge on any atom is 0.193 e. The van der Waals surface area contributed by atoms with Gasteiger partial charge in [-0.15, -0.1) is 0 Å². The van der Waals surface area contributed by atoms with Crippen LogP contribution >= 0.6 is 0 Å². The largest absolute Gasteiger partial charge is 0.289 e. The molecule has 58 heavy (non-hydrogen) atoms. The van der Waals surface area contributed by atoms with Crippen molar-refractivity contribution in [2.75, 3.05) is 0 Å². The molecule has 0 aromatic heterocycles. The third kappa shape index (κ3) is 10.5. The van der Waals surface area contributed by atoms with E-state index in [4.69, 9.17) is 0 Å². The quantitative estimate of drug-likeness (QED) is 0.0453. The van der Waals surface area contributed by atoms with Crippen LogP contribution in [0.1, 0.15) is 195 Å². The molecule has 0 radical (unpaired) electrons. The van der Waals surface area contributed by atoms with Crippen molar-refractivity contribution in [1.82, 2.24) is 0 Å². The zero-order chi connectivity index (χ0) is 40.1. The van der Waals surface area contributed by atoms with Crippen LogP contribution in [-0.4, -0.2) is 11.6 Å². The smallest absolute Gasteiger partial charge is 0.193 e. The average molecular weight is 771 g/mol. The van der Waals surface area contributed by atoms with Crippen molar-refractivity contribution in [3.63, 3.8) is 0 Å². The molecule has 5 aromatic rings. The predicted molar refractivity (Wildman–Crippen MR) is 245 cm³/mol. The van der Waals surface area contributed by atoms with E-state index in [1.165, 1.54) is 171 Å². The molecule has 0 saturated carbocycles. The maximum absolute atomic E-state index is 13.9. The molecule has 2 heteroatoms. The first-order valence-corrected chi connectivity index (χ1v) is 23.2. The first kappa shape index (κ1) is 41.6. The Bertz CT molecular complexity index is 2020. The highest BCUT2D eigenvalue weighted by molar-refractivity contribution is 6.13. The molecule has 0 amide bonds. The van der Waals surface area contributed by atoms with Crippen molar-refractivity contribution in [3.05, 3.63) is 153 Å². The van der Waals surface area contributed by atoms with Gasteiger partial charge in [-0.05, 0) is 112 Å². The van der Waals surface area contributed by atoms with Crippen LogP contribution in [0.15, 0.2) is 97.1 Å². The molecular weight excluding hydrogens is 705 g/mol. The van der Waals surface area contributed by atoms with Gasteiger partial charge in [-0.25, -0.2) is 0 Å². The lowest BCUT2D eigenvalue weighted by molar-refractivity contribution is 0.103. The Labute approximate surface area is 349 Å². The number of fused-ring (bicyclic) bond motifs is 6. The van der Waals surface area contributed by atoms with Gasteiger partial charge in [-0.1, -0.05) is 195 Å². The maximum atomic E-state index is 13.9. The highest BCUT2D eigenvalue weighted by atomic mass is 16.1. The lowest BCUT2D eigenvalue weighted by Gasteiger charge is -2.08. The third-order valence-corrected chi connectivity index (χ3v) is 12.9. The van der Waals surface area contributed by atoms with Gasteiger partial charge in [0.2, 0.25) is 0 Å². The van der Waals surface area contributed by atoms with Crippen LogP contribution in [0.4, 0.5) is 0 Å². The summed E-state index contributed by atoms with van der Waals surface area (Å²) in [5.74, 6) is -0.0795. The Morgan fingerprint density at radius 2 is 0.690 bits per heavy atom. The summed E-state index contributed by atoms with van der Waals surface area (Å²) in [5, 5.41) is 0. The minimum Gasteiger partial charge on any atom is -0.289 e. The highest BCUT2D eigenvalue weighted by Crippen LogP contribution is 2.39. The molecule has 0 saturated heterocycles. The fourth-order valence-corrected chi connectivity index (χ4v) is 9.54. The second kappa shape index (κ2) is 20.9. The molecule has 2 nitrogen and oxygen atoms in total. The summed E-state index contributed by atoms with van der Waals surface area (Å²) in [6.07, 6.45) is 28.3. The SMILES string of the molecule is CCCCCCCCCCCc1ccc2c(c1)Cc1cc(C(=O)c3cccc(C(=O)c4ccc5c(c4)Cc4cc(CCCCCCCCCCC)ccc4-5)c3)ccc1-2. The van der Waals surface area contributed by atoms with Crippen LogP contribution in [0.5, 0.6) is 0 Å². The third-order valence-electron chi connectivity index (χ3n) is 12.9. The van der Waals surface area contributed by atoms with Crippen LogP contribution in [-0.2, 0) is 25.7 Å². The van der Waals surface area contributed by atoms with Gasteiger partial charge >= 0.3 is 0 Å². The van der Waals surface area contributed by atoms with E-state index in [0.717, 1.165) is 25.7 Å². The Balaban J connectivity index is 0.918. The summed E-state index contributed by atoms with van der Waals surface area (Å²) in [4.78, 5) is 27.8. The monoisotopic (exact) mass is 771 g/mol. The molecule has 0 N–H and O–H groups in total. The molecule has 5 aromatic carbocycles. The Hall–Kier alpha value is -4.56. The predicted octanol–water partition coefficient (Wildman–Crippen LogP) is 15.4. The standard InChI is InChI=1S/C56H66O2/c1-3-5-7-9-11-13-15-17-19-22-41-26-30-51-47(34-41)39-49-37-45(28-32-53(49)51)55(57)43-24-21-25-44(36-43)56(58)46-29-33-54-50(38-46)40-48-35-42(27-31-52(48)54)23-20-18-16-14-12-10-8-6-4-2/h21,24-38H,3-20,22-23,39-40H2,1-2H3. The number of aryl methyl sites for hydroxylation is 2. The van der Waals surface area contributed by atoms with E-state index in [1.54, 1.807) is 6.07 Å². The Kier molecular flexibility index (Phi) is 15.0. The lowest BCUT2D eigenvalue weighted by Crippen LogP contribution is -2.06. The van der Waals surface area contributed by atoms with Crippen LogP contribution in [0.25, 0.3) is 22.3 Å². The van der Waals surface area contributed by atoms with Gasteiger partial charge in [0.05, 0.1) is 0 Å². The molecule has 0 heterocycles. The number of hydrogen-bond acceptors (Lipinski definition) is 2. The van der Waals surface area contributed by atoms with Crippen LogP contribution in [0, 0.1) is 0 Å². The minimum atomic E-state index is -0.0397. The molecule has 0 unspecified atom stereocenters.